The van der Waals surface area contributed by atoms with Gasteiger partial charge in [0.1, 0.15) is 0 Å². The van der Waals surface area contributed by atoms with Crippen molar-refractivity contribution in [1.29, 1.82) is 0 Å². The summed E-state index contributed by atoms with van der Waals surface area (Å²) in [6.45, 7) is 2.50. The molecule has 0 aromatic heterocycles. The summed E-state index contributed by atoms with van der Waals surface area (Å²) >= 11 is 0. The molecule has 0 N–H and O–H groups in total. The highest BCUT2D eigenvalue weighted by molar-refractivity contribution is 5.74. The standard InChI is InChI=1S/C11H20N2O2/c1-12(2)11(14)13-6-5-10(7-13)15-8-9-3-4-9/h9-10H,3-8H2,1-2H3. The Morgan fingerprint density at radius 1 is 1.40 bits per heavy atom. The van der Waals surface area contributed by atoms with Gasteiger partial charge >= 0.3 is 6.03 Å². The van der Waals surface area contributed by atoms with Gasteiger partial charge in [-0.05, 0) is 25.2 Å². The lowest BCUT2D eigenvalue weighted by atomic mass is 10.3. The molecule has 86 valence electrons. The molecule has 1 aliphatic heterocycles. The van der Waals surface area contributed by atoms with Crippen molar-refractivity contribution in [3.63, 3.8) is 0 Å². The minimum absolute atomic E-state index is 0.104. The van der Waals surface area contributed by atoms with E-state index in [2.05, 4.69) is 0 Å². The summed E-state index contributed by atoms with van der Waals surface area (Å²) in [4.78, 5) is 15.1. The zero-order chi connectivity index (χ0) is 10.8. The second kappa shape index (κ2) is 4.39. The number of nitrogens with zero attached hydrogens (tertiary/aromatic N) is 2. The van der Waals surface area contributed by atoms with Crippen LogP contribution in [0.25, 0.3) is 0 Å². The van der Waals surface area contributed by atoms with Crippen LogP contribution in [0.3, 0.4) is 0 Å². The predicted molar refractivity (Wildman–Crippen MR) is 57.7 cm³/mol. The molecule has 2 fully saturated rings. The van der Waals surface area contributed by atoms with Gasteiger partial charge in [-0.2, -0.15) is 0 Å². The maximum Gasteiger partial charge on any atom is 0.319 e. The van der Waals surface area contributed by atoms with Gasteiger partial charge in [0, 0.05) is 33.8 Å². The van der Waals surface area contributed by atoms with Crippen molar-refractivity contribution in [3.8, 4) is 0 Å². The maximum absolute atomic E-state index is 11.6. The van der Waals surface area contributed by atoms with Gasteiger partial charge in [0.05, 0.1) is 6.10 Å². The first-order valence-electron chi connectivity index (χ1n) is 5.74. The fraction of sp³-hybridized carbons (Fsp3) is 0.909. The van der Waals surface area contributed by atoms with Crippen LogP contribution < -0.4 is 0 Å². The van der Waals surface area contributed by atoms with Crippen molar-refractivity contribution in [2.75, 3.05) is 33.8 Å². The fourth-order valence-electron chi connectivity index (χ4n) is 1.88. The quantitative estimate of drug-likeness (QED) is 0.703. The molecule has 4 heteroatoms. The molecule has 0 bridgehead atoms. The summed E-state index contributed by atoms with van der Waals surface area (Å²) in [5.74, 6) is 0.809. The molecule has 4 nitrogen and oxygen atoms in total. The number of amides is 2. The predicted octanol–water partition coefficient (Wildman–Crippen LogP) is 1.17. The molecular weight excluding hydrogens is 192 g/mol. The van der Waals surface area contributed by atoms with Crippen LogP contribution in [0.15, 0.2) is 0 Å². The Hall–Kier alpha value is -0.770. The molecule has 0 aromatic rings. The van der Waals surface area contributed by atoms with Gasteiger partial charge in [-0.15, -0.1) is 0 Å². The highest BCUT2D eigenvalue weighted by Crippen LogP contribution is 2.30. The Labute approximate surface area is 91.2 Å². The molecule has 2 amide bonds. The number of hydrogen-bond donors (Lipinski definition) is 0. The first-order valence-corrected chi connectivity index (χ1v) is 5.74. The van der Waals surface area contributed by atoms with Crippen molar-refractivity contribution in [2.24, 2.45) is 5.92 Å². The minimum atomic E-state index is 0.104. The molecule has 1 heterocycles. The average molecular weight is 212 g/mol. The largest absolute Gasteiger partial charge is 0.376 e. The minimum Gasteiger partial charge on any atom is -0.376 e. The van der Waals surface area contributed by atoms with Gasteiger partial charge in [0.25, 0.3) is 0 Å². The molecule has 2 rings (SSSR count). The monoisotopic (exact) mass is 212 g/mol. The molecule has 0 aromatic carbocycles. The summed E-state index contributed by atoms with van der Waals surface area (Å²) in [6.07, 6.45) is 3.92. The van der Waals surface area contributed by atoms with E-state index in [4.69, 9.17) is 4.74 Å². The number of carbonyl (C=O) groups excluding carboxylic acids is 1. The van der Waals surface area contributed by atoms with Crippen molar-refractivity contribution >= 4 is 6.03 Å². The molecule has 1 unspecified atom stereocenters. The second-order valence-electron chi connectivity index (χ2n) is 4.81. The van der Waals surface area contributed by atoms with E-state index in [0.717, 1.165) is 32.0 Å². The van der Waals surface area contributed by atoms with E-state index in [1.54, 1.807) is 19.0 Å². The number of rotatable bonds is 3. The van der Waals surface area contributed by atoms with Crippen LogP contribution in [0, 0.1) is 5.92 Å². The van der Waals surface area contributed by atoms with E-state index in [-0.39, 0.29) is 12.1 Å². The summed E-state index contributed by atoms with van der Waals surface area (Å²) in [5.41, 5.74) is 0. The van der Waals surface area contributed by atoms with Crippen LogP contribution in [0.1, 0.15) is 19.3 Å². The van der Waals surface area contributed by atoms with E-state index in [1.165, 1.54) is 12.8 Å². The highest BCUT2D eigenvalue weighted by atomic mass is 16.5. The Morgan fingerprint density at radius 2 is 2.13 bits per heavy atom. The van der Waals surface area contributed by atoms with E-state index < -0.39 is 0 Å². The van der Waals surface area contributed by atoms with Crippen LogP contribution in [-0.4, -0.2) is 55.7 Å². The van der Waals surface area contributed by atoms with Crippen LogP contribution in [0.4, 0.5) is 4.79 Å². The lowest BCUT2D eigenvalue weighted by Gasteiger charge is -2.21. The topological polar surface area (TPSA) is 32.8 Å². The van der Waals surface area contributed by atoms with Gasteiger partial charge < -0.3 is 14.5 Å². The highest BCUT2D eigenvalue weighted by Gasteiger charge is 2.29. The van der Waals surface area contributed by atoms with Gasteiger partial charge in [-0.25, -0.2) is 4.79 Å². The van der Waals surface area contributed by atoms with Gasteiger partial charge in [-0.3, -0.25) is 0 Å². The average Bonchev–Trinajstić information content (AvgIpc) is 2.92. The van der Waals surface area contributed by atoms with E-state index in [9.17, 15) is 4.79 Å². The van der Waals surface area contributed by atoms with E-state index in [1.807, 2.05) is 4.90 Å². The first kappa shape index (κ1) is 10.7. The Bertz CT molecular complexity index is 239. The Balaban J connectivity index is 1.70. The molecule has 15 heavy (non-hydrogen) atoms. The molecule has 0 radical (unpaired) electrons. The van der Waals surface area contributed by atoms with Crippen LogP contribution in [0.2, 0.25) is 0 Å². The SMILES string of the molecule is CN(C)C(=O)N1CCC(OCC2CC2)C1. The number of hydrogen-bond acceptors (Lipinski definition) is 2. The molecule has 1 atom stereocenters. The van der Waals surface area contributed by atoms with Crippen molar-refractivity contribution in [3.05, 3.63) is 0 Å². The third-order valence-corrected chi connectivity index (χ3v) is 3.06. The third kappa shape index (κ3) is 2.84. The molecule has 1 aliphatic carbocycles. The number of carbonyl (C=O) groups is 1. The van der Waals surface area contributed by atoms with Gasteiger partial charge in [0.2, 0.25) is 0 Å². The normalized spacial score (nSPS) is 25.7. The van der Waals surface area contributed by atoms with Crippen LogP contribution >= 0.6 is 0 Å². The fourth-order valence-corrected chi connectivity index (χ4v) is 1.88. The summed E-state index contributed by atoms with van der Waals surface area (Å²) in [6, 6.07) is 0.104. The van der Waals surface area contributed by atoms with Crippen molar-refractivity contribution in [1.82, 2.24) is 9.80 Å². The summed E-state index contributed by atoms with van der Waals surface area (Å²) in [7, 11) is 3.58. The molecular formula is C11H20N2O2. The van der Waals surface area contributed by atoms with E-state index >= 15 is 0 Å². The van der Waals surface area contributed by atoms with E-state index in [0.29, 0.717) is 0 Å². The zero-order valence-corrected chi connectivity index (χ0v) is 9.61. The second-order valence-corrected chi connectivity index (χ2v) is 4.81. The van der Waals surface area contributed by atoms with Gasteiger partial charge in [-0.1, -0.05) is 0 Å². The van der Waals surface area contributed by atoms with Crippen LogP contribution in [-0.2, 0) is 4.74 Å². The third-order valence-electron chi connectivity index (χ3n) is 3.06. The summed E-state index contributed by atoms with van der Waals surface area (Å²) in [5, 5.41) is 0. The van der Waals surface area contributed by atoms with Crippen LogP contribution in [0.5, 0.6) is 0 Å². The lowest BCUT2D eigenvalue weighted by Crippen LogP contribution is -2.38. The van der Waals surface area contributed by atoms with Crippen molar-refractivity contribution < 1.29 is 9.53 Å². The molecule has 0 spiro atoms. The first-order chi connectivity index (χ1) is 7.16. The Morgan fingerprint density at radius 3 is 2.73 bits per heavy atom. The Kier molecular flexibility index (Phi) is 3.14. The molecule has 1 saturated carbocycles. The van der Waals surface area contributed by atoms with Crippen molar-refractivity contribution in [2.45, 2.75) is 25.4 Å². The number of likely N-dealkylation sites (tertiary alicyclic amines) is 1. The maximum atomic E-state index is 11.6. The smallest absolute Gasteiger partial charge is 0.319 e. The zero-order valence-electron chi connectivity index (χ0n) is 9.61. The molecule has 2 aliphatic rings. The lowest BCUT2D eigenvalue weighted by molar-refractivity contribution is 0.0530. The number of urea groups is 1. The summed E-state index contributed by atoms with van der Waals surface area (Å²) < 4.78 is 5.77. The molecule has 1 saturated heterocycles. The van der Waals surface area contributed by atoms with Gasteiger partial charge in [0.15, 0.2) is 0 Å². The number of ether oxygens (including phenoxy) is 1.